The van der Waals surface area contributed by atoms with E-state index >= 15 is 0 Å². The maximum absolute atomic E-state index is 12.4. The monoisotopic (exact) mass is 419 g/mol. The number of carbonyl (C=O) groups is 1. The van der Waals surface area contributed by atoms with Crippen LogP contribution < -0.4 is 16.4 Å². The second-order valence-electron chi connectivity index (χ2n) is 7.64. The van der Waals surface area contributed by atoms with Gasteiger partial charge in [0.15, 0.2) is 0 Å². The van der Waals surface area contributed by atoms with Crippen molar-refractivity contribution in [3.63, 3.8) is 0 Å². The molecule has 0 radical (unpaired) electrons. The number of amides is 1. The van der Waals surface area contributed by atoms with Gasteiger partial charge in [0.05, 0.1) is 18.4 Å². The molecule has 0 fully saturated rings. The normalized spacial score (nSPS) is 10.9. The second-order valence-corrected chi connectivity index (χ2v) is 7.64. The number of nitrogens with two attached hydrogens (primary N) is 1. The van der Waals surface area contributed by atoms with Crippen LogP contribution in [0, 0.1) is 5.41 Å². The molecule has 8 nitrogen and oxygen atoms in total. The van der Waals surface area contributed by atoms with Crippen molar-refractivity contribution in [2.24, 2.45) is 0 Å². The van der Waals surface area contributed by atoms with Crippen molar-refractivity contribution in [1.82, 2.24) is 20.0 Å². The van der Waals surface area contributed by atoms with Crippen molar-refractivity contribution >= 4 is 23.0 Å². The summed E-state index contributed by atoms with van der Waals surface area (Å²) in [5.74, 6) is -0.525. The quantitative estimate of drug-likeness (QED) is 0.229. The maximum Gasteiger partial charge on any atom is 0.274 e. The topological polar surface area (TPSA) is 112 Å². The minimum atomic E-state index is -0.525. The number of carbonyl (C=O) groups excluding carboxylic acids is 1. The van der Waals surface area contributed by atoms with Gasteiger partial charge in [-0.25, -0.2) is 0 Å². The van der Waals surface area contributed by atoms with Crippen LogP contribution >= 0.6 is 0 Å². The summed E-state index contributed by atoms with van der Waals surface area (Å²) in [7, 11) is 4.12. The maximum atomic E-state index is 12.4. The molecule has 5 N–H and O–H groups in total. The van der Waals surface area contributed by atoms with E-state index in [0.29, 0.717) is 23.5 Å². The van der Waals surface area contributed by atoms with Crippen molar-refractivity contribution in [3.8, 4) is 0 Å². The lowest BCUT2D eigenvalue weighted by Crippen LogP contribution is -2.26. The van der Waals surface area contributed by atoms with Crippen LogP contribution in [0.3, 0.4) is 0 Å². The SMILES string of the molecule is CN(C)CCNCc1cccc(Cn2cc(NC(=O)C(=N)c3ccccc3N)cn2)c1. The summed E-state index contributed by atoms with van der Waals surface area (Å²) in [6.45, 7) is 3.33. The highest BCUT2D eigenvalue weighted by atomic mass is 16.1. The molecular weight excluding hydrogens is 390 g/mol. The number of hydrogen-bond donors (Lipinski definition) is 4. The lowest BCUT2D eigenvalue weighted by atomic mass is 10.1. The fourth-order valence-electron chi connectivity index (χ4n) is 3.12. The molecule has 8 heteroatoms. The van der Waals surface area contributed by atoms with Gasteiger partial charge in [-0.1, -0.05) is 42.5 Å². The molecule has 3 rings (SSSR count). The zero-order chi connectivity index (χ0) is 22.2. The summed E-state index contributed by atoms with van der Waals surface area (Å²) in [5, 5.41) is 18.6. The molecule has 0 atom stereocenters. The molecular formula is C23H29N7O. The van der Waals surface area contributed by atoms with Crippen LogP contribution in [0.1, 0.15) is 16.7 Å². The average Bonchev–Trinajstić information content (AvgIpc) is 3.18. The highest BCUT2D eigenvalue weighted by Gasteiger charge is 2.15. The number of nitrogen functional groups attached to an aromatic ring is 1. The molecule has 0 saturated carbocycles. The van der Waals surface area contributed by atoms with E-state index in [0.717, 1.165) is 25.2 Å². The predicted octanol–water partition coefficient (Wildman–Crippen LogP) is 2.17. The van der Waals surface area contributed by atoms with Crippen LogP contribution in [-0.2, 0) is 17.9 Å². The highest BCUT2D eigenvalue weighted by Crippen LogP contribution is 2.14. The van der Waals surface area contributed by atoms with Crippen LogP contribution in [0.2, 0.25) is 0 Å². The summed E-state index contributed by atoms with van der Waals surface area (Å²) < 4.78 is 1.76. The number of nitrogens with zero attached hydrogens (tertiary/aromatic N) is 3. The first-order valence-electron chi connectivity index (χ1n) is 10.1. The van der Waals surface area contributed by atoms with Crippen LogP contribution in [-0.4, -0.2) is 53.5 Å². The first-order chi connectivity index (χ1) is 14.9. The van der Waals surface area contributed by atoms with Crippen molar-refractivity contribution < 1.29 is 4.79 Å². The van der Waals surface area contributed by atoms with Crippen molar-refractivity contribution in [3.05, 3.63) is 77.6 Å². The summed E-state index contributed by atoms with van der Waals surface area (Å²) in [6, 6.07) is 15.2. The van der Waals surface area contributed by atoms with Crippen molar-refractivity contribution in [1.29, 1.82) is 5.41 Å². The third-order valence-electron chi connectivity index (χ3n) is 4.75. The van der Waals surface area contributed by atoms with Gasteiger partial charge in [0.25, 0.3) is 5.91 Å². The number of para-hydroxylation sites is 1. The Balaban J connectivity index is 1.56. The first kappa shape index (κ1) is 22.2. The van der Waals surface area contributed by atoms with Gasteiger partial charge in [-0.2, -0.15) is 5.10 Å². The molecule has 0 spiro atoms. The Morgan fingerprint density at radius 3 is 2.71 bits per heavy atom. The molecule has 2 aromatic carbocycles. The molecule has 0 aliphatic heterocycles. The van der Waals surface area contributed by atoms with E-state index < -0.39 is 5.91 Å². The zero-order valence-corrected chi connectivity index (χ0v) is 17.9. The lowest BCUT2D eigenvalue weighted by Gasteiger charge is -2.11. The fourth-order valence-corrected chi connectivity index (χ4v) is 3.12. The summed E-state index contributed by atoms with van der Waals surface area (Å²) in [4.78, 5) is 14.6. The summed E-state index contributed by atoms with van der Waals surface area (Å²) in [6.07, 6.45) is 3.33. The number of benzene rings is 2. The summed E-state index contributed by atoms with van der Waals surface area (Å²) >= 11 is 0. The van der Waals surface area contributed by atoms with E-state index in [-0.39, 0.29) is 5.71 Å². The molecule has 0 bridgehead atoms. The van der Waals surface area contributed by atoms with E-state index in [1.54, 1.807) is 41.3 Å². The summed E-state index contributed by atoms with van der Waals surface area (Å²) in [5.41, 5.74) is 9.36. The number of rotatable bonds is 10. The number of aromatic nitrogens is 2. The third-order valence-corrected chi connectivity index (χ3v) is 4.75. The standard InChI is InChI=1S/C23H29N7O/c1-29(2)11-10-26-13-17-6-5-7-18(12-17)15-30-16-19(14-27-30)28-23(31)22(25)20-8-3-4-9-21(20)24/h3-9,12,14,16,25-26H,10-11,13,15,24H2,1-2H3,(H,28,31). The molecule has 1 amide bonds. The number of likely N-dealkylation sites (N-methyl/N-ethyl adjacent to an activating group) is 1. The van der Waals surface area contributed by atoms with Gasteiger partial charge in [0.2, 0.25) is 0 Å². The Morgan fingerprint density at radius 1 is 1.16 bits per heavy atom. The minimum absolute atomic E-state index is 0.180. The van der Waals surface area contributed by atoms with Crippen molar-refractivity contribution in [2.75, 3.05) is 38.2 Å². The Hall–Kier alpha value is -3.49. The largest absolute Gasteiger partial charge is 0.398 e. The molecule has 1 aromatic heterocycles. The number of anilines is 2. The van der Waals surface area contributed by atoms with E-state index in [2.05, 4.69) is 52.9 Å². The zero-order valence-electron chi connectivity index (χ0n) is 17.9. The Kier molecular flexibility index (Phi) is 7.53. The van der Waals surface area contributed by atoms with Gasteiger partial charge in [-0.15, -0.1) is 0 Å². The number of nitrogens with one attached hydrogen (secondary N) is 3. The number of hydrogen-bond acceptors (Lipinski definition) is 6. The molecule has 3 aromatic rings. The van der Waals surface area contributed by atoms with Crippen LogP contribution in [0.4, 0.5) is 11.4 Å². The first-order valence-corrected chi connectivity index (χ1v) is 10.1. The lowest BCUT2D eigenvalue weighted by molar-refractivity contribution is -0.110. The Morgan fingerprint density at radius 2 is 1.94 bits per heavy atom. The fraction of sp³-hybridized carbons (Fsp3) is 0.261. The Labute approximate surface area is 182 Å². The molecule has 162 valence electrons. The minimum Gasteiger partial charge on any atom is -0.398 e. The molecule has 1 heterocycles. The van der Waals surface area contributed by atoms with Gasteiger partial charge in [0.1, 0.15) is 5.71 Å². The van der Waals surface area contributed by atoms with Gasteiger partial charge in [-0.3, -0.25) is 14.9 Å². The highest BCUT2D eigenvalue weighted by molar-refractivity contribution is 6.48. The van der Waals surface area contributed by atoms with Crippen LogP contribution in [0.25, 0.3) is 0 Å². The Bertz CT molecular complexity index is 1040. The molecule has 0 aliphatic carbocycles. The van der Waals surface area contributed by atoms with Crippen LogP contribution in [0.15, 0.2) is 60.9 Å². The van der Waals surface area contributed by atoms with Crippen LogP contribution in [0.5, 0.6) is 0 Å². The second kappa shape index (κ2) is 10.5. The average molecular weight is 420 g/mol. The van der Waals surface area contributed by atoms with Gasteiger partial charge in [-0.05, 0) is 31.3 Å². The van der Waals surface area contributed by atoms with E-state index in [4.69, 9.17) is 11.1 Å². The molecule has 0 aliphatic rings. The van der Waals surface area contributed by atoms with Gasteiger partial charge >= 0.3 is 0 Å². The van der Waals surface area contributed by atoms with E-state index in [9.17, 15) is 4.79 Å². The van der Waals surface area contributed by atoms with Crippen molar-refractivity contribution in [2.45, 2.75) is 13.1 Å². The smallest absolute Gasteiger partial charge is 0.274 e. The molecule has 31 heavy (non-hydrogen) atoms. The molecule has 0 unspecified atom stereocenters. The van der Waals surface area contributed by atoms with E-state index in [1.807, 2.05) is 6.07 Å². The van der Waals surface area contributed by atoms with Gasteiger partial charge < -0.3 is 21.3 Å². The predicted molar refractivity (Wildman–Crippen MR) is 124 cm³/mol. The van der Waals surface area contributed by atoms with E-state index in [1.165, 1.54) is 5.56 Å². The molecule has 0 saturated heterocycles. The third kappa shape index (κ3) is 6.50. The van der Waals surface area contributed by atoms with Gasteiger partial charge in [0, 0.05) is 37.1 Å².